The van der Waals surface area contributed by atoms with Crippen LogP contribution in [0.15, 0.2) is 74.3 Å². The van der Waals surface area contributed by atoms with Gasteiger partial charge in [0.15, 0.2) is 0 Å². The SMILES string of the molecule is Cc1ccc2oc(=O)cc(NC3CCN(Cc4ccc(-c5cccc(Cl)c5)o4)CC3)c2c1. The average Bonchev–Trinajstić information content (AvgIpc) is 3.24. The summed E-state index contributed by atoms with van der Waals surface area (Å²) >= 11 is 6.10. The lowest BCUT2D eigenvalue weighted by atomic mass is 10.0. The third-order valence-corrected chi connectivity index (χ3v) is 6.23. The Hall–Kier alpha value is -3.02. The van der Waals surface area contributed by atoms with Crippen LogP contribution in [0.5, 0.6) is 0 Å². The first-order valence-electron chi connectivity index (χ1n) is 10.9. The number of hydrogen-bond donors (Lipinski definition) is 1. The van der Waals surface area contributed by atoms with Crippen molar-refractivity contribution in [1.82, 2.24) is 4.90 Å². The van der Waals surface area contributed by atoms with Crippen LogP contribution in [0.3, 0.4) is 0 Å². The van der Waals surface area contributed by atoms with Gasteiger partial charge in [0.25, 0.3) is 0 Å². The lowest BCUT2D eigenvalue weighted by Gasteiger charge is -2.32. The van der Waals surface area contributed by atoms with Crippen molar-refractivity contribution >= 4 is 28.3 Å². The molecule has 4 aromatic rings. The van der Waals surface area contributed by atoms with E-state index < -0.39 is 0 Å². The molecular weight excluding hydrogens is 424 g/mol. The molecule has 5 nitrogen and oxygen atoms in total. The monoisotopic (exact) mass is 448 g/mol. The van der Waals surface area contributed by atoms with Gasteiger partial charge in [0, 0.05) is 41.2 Å². The van der Waals surface area contributed by atoms with Gasteiger partial charge < -0.3 is 14.2 Å². The van der Waals surface area contributed by atoms with Crippen LogP contribution in [0.25, 0.3) is 22.3 Å². The number of piperidine rings is 1. The molecule has 1 saturated heterocycles. The van der Waals surface area contributed by atoms with Crippen molar-refractivity contribution < 1.29 is 8.83 Å². The summed E-state index contributed by atoms with van der Waals surface area (Å²) in [6.45, 7) is 4.75. The molecule has 2 aromatic heterocycles. The van der Waals surface area contributed by atoms with Crippen molar-refractivity contribution in [2.24, 2.45) is 0 Å². The molecule has 0 amide bonds. The summed E-state index contributed by atoms with van der Waals surface area (Å²) in [7, 11) is 0. The maximum atomic E-state index is 12.0. The van der Waals surface area contributed by atoms with Crippen LogP contribution in [-0.2, 0) is 6.54 Å². The number of hydrogen-bond acceptors (Lipinski definition) is 5. The van der Waals surface area contributed by atoms with Crippen LogP contribution in [-0.4, -0.2) is 24.0 Å². The zero-order valence-corrected chi connectivity index (χ0v) is 18.7. The largest absolute Gasteiger partial charge is 0.460 e. The van der Waals surface area contributed by atoms with Gasteiger partial charge in [-0.25, -0.2) is 4.79 Å². The summed E-state index contributed by atoms with van der Waals surface area (Å²) in [6.07, 6.45) is 1.99. The summed E-state index contributed by atoms with van der Waals surface area (Å²) in [5.41, 5.74) is 3.28. The molecule has 1 aliphatic rings. The van der Waals surface area contributed by atoms with E-state index >= 15 is 0 Å². The number of nitrogens with one attached hydrogen (secondary N) is 1. The van der Waals surface area contributed by atoms with Gasteiger partial charge in [0.2, 0.25) is 0 Å². The summed E-state index contributed by atoms with van der Waals surface area (Å²) in [5, 5.41) is 5.24. The molecule has 32 heavy (non-hydrogen) atoms. The van der Waals surface area contributed by atoms with E-state index in [1.165, 1.54) is 0 Å². The first-order chi connectivity index (χ1) is 15.5. The third-order valence-electron chi connectivity index (χ3n) is 6.00. The van der Waals surface area contributed by atoms with Crippen molar-refractivity contribution in [2.45, 2.75) is 32.4 Å². The smallest absolute Gasteiger partial charge is 0.338 e. The minimum Gasteiger partial charge on any atom is -0.460 e. The second-order valence-electron chi connectivity index (χ2n) is 8.45. The lowest BCUT2D eigenvalue weighted by Crippen LogP contribution is -2.38. The molecule has 1 fully saturated rings. The van der Waals surface area contributed by atoms with Gasteiger partial charge in [-0.15, -0.1) is 0 Å². The third kappa shape index (κ3) is 4.59. The van der Waals surface area contributed by atoms with Gasteiger partial charge in [-0.3, -0.25) is 4.90 Å². The number of aryl methyl sites for hydroxylation is 1. The van der Waals surface area contributed by atoms with E-state index in [4.69, 9.17) is 20.4 Å². The number of benzene rings is 2. The van der Waals surface area contributed by atoms with Gasteiger partial charge in [0.05, 0.1) is 12.2 Å². The lowest BCUT2D eigenvalue weighted by molar-refractivity contribution is 0.197. The average molecular weight is 449 g/mol. The number of likely N-dealkylation sites (tertiary alicyclic amines) is 1. The molecule has 0 atom stereocenters. The molecule has 164 valence electrons. The number of anilines is 1. The predicted molar refractivity (Wildman–Crippen MR) is 128 cm³/mol. The van der Waals surface area contributed by atoms with Gasteiger partial charge >= 0.3 is 5.63 Å². The van der Waals surface area contributed by atoms with Crippen LogP contribution in [0.4, 0.5) is 5.69 Å². The van der Waals surface area contributed by atoms with Crippen LogP contribution in [0, 0.1) is 6.92 Å². The van der Waals surface area contributed by atoms with Crippen LogP contribution >= 0.6 is 11.6 Å². The number of halogens is 1. The molecule has 2 aromatic carbocycles. The van der Waals surface area contributed by atoms with Crippen molar-refractivity contribution in [3.8, 4) is 11.3 Å². The fourth-order valence-electron chi connectivity index (χ4n) is 4.33. The Morgan fingerprint density at radius 3 is 2.69 bits per heavy atom. The van der Waals surface area contributed by atoms with Crippen molar-refractivity contribution in [3.05, 3.63) is 87.4 Å². The molecule has 6 heteroatoms. The van der Waals surface area contributed by atoms with Crippen LogP contribution in [0.2, 0.25) is 5.02 Å². The first kappa shape index (κ1) is 20.9. The van der Waals surface area contributed by atoms with E-state index in [1.54, 1.807) is 6.07 Å². The second-order valence-corrected chi connectivity index (χ2v) is 8.89. The standard InChI is InChI=1S/C26H25ClN2O3/c1-17-5-7-25-22(13-17)23(15-26(30)32-25)28-20-9-11-29(12-10-20)16-21-6-8-24(31-21)18-3-2-4-19(27)14-18/h2-8,13-15,20,28H,9-12,16H2,1H3. The van der Waals surface area contributed by atoms with Crippen molar-refractivity contribution in [2.75, 3.05) is 18.4 Å². The number of nitrogens with zero attached hydrogens (tertiary/aromatic N) is 1. The molecule has 0 spiro atoms. The first-order valence-corrected chi connectivity index (χ1v) is 11.3. The molecule has 0 aliphatic carbocycles. The molecule has 3 heterocycles. The number of furan rings is 1. The maximum absolute atomic E-state index is 12.0. The normalized spacial score (nSPS) is 15.3. The van der Waals surface area contributed by atoms with Gasteiger partial charge in [-0.2, -0.15) is 0 Å². The van der Waals surface area contributed by atoms with Crippen molar-refractivity contribution in [1.29, 1.82) is 0 Å². The summed E-state index contributed by atoms with van der Waals surface area (Å²) in [5.74, 6) is 1.79. The Morgan fingerprint density at radius 1 is 1.03 bits per heavy atom. The summed E-state index contributed by atoms with van der Waals surface area (Å²) in [6, 6.07) is 19.5. The van der Waals surface area contributed by atoms with Gasteiger partial charge in [-0.1, -0.05) is 35.4 Å². The predicted octanol–water partition coefficient (Wildman–Crippen LogP) is 6.09. The van der Waals surface area contributed by atoms with E-state index in [2.05, 4.69) is 16.3 Å². The highest BCUT2D eigenvalue weighted by molar-refractivity contribution is 6.30. The number of rotatable bonds is 5. The molecular formula is C26H25ClN2O3. The van der Waals surface area contributed by atoms with Gasteiger partial charge in [0.1, 0.15) is 17.1 Å². The highest BCUT2D eigenvalue weighted by atomic mass is 35.5. The summed E-state index contributed by atoms with van der Waals surface area (Å²) in [4.78, 5) is 14.4. The molecule has 5 rings (SSSR count). The van der Waals surface area contributed by atoms with E-state index in [0.717, 1.165) is 66.2 Å². The Bertz CT molecular complexity index is 1300. The zero-order chi connectivity index (χ0) is 22.1. The zero-order valence-electron chi connectivity index (χ0n) is 17.9. The summed E-state index contributed by atoms with van der Waals surface area (Å²) < 4.78 is 11.4. The van der Waals surface area contributed by atoms with Crippen LogP contribution in [0.1, 0.15) is 24.2 Å². The van der Waals surface area contributed by atoms with E-state index in [9.17, 15) is 4.79 Å². The minimum atomic E-state index is -0.324. The molecule has 0 radical (unpaired) electrons. The molecule has 0 bridgehead atoms. The molecule has 1 N–H and O–H groups in total. The Labute approximate surface area is 191 Å². The number of fused-ring (bicyclic) bond motifs is 1. The fourth-order valence-corrected chi connectivity index (χ4v) is 4.52. The van der Waals surface area contributed by atoms with Crippen molar-refractivity contribution in [3.63, 3.8) is 0 Å². The van der Waals surface area contributed by atoms with E-state index in [1.807, 2.05) is 55.5 Å². The van der Waals surface area contributed by atoms with Gasteiger partial charge in [-0.05, 0) is 56.2 Å². The highest BCUT2D eigenvalue weighted by Crippen LogP contribution is 2.28. The van der Waals surface area contributed by atoms with E-state index in [-0.39, 0.29) is 5.63 Å². The molecule has 1 aliphatic heterocycles. The molecule has 0 unspecified atom stereocenters. The quantitative estimate of drug-likeness (QED) is 0.374. The topological polar surface area (TPSA) is 58.6 Å². The fraction of sp³-hybridized carbons (Fsp3) is 0.269. The highest BCUT2D eigenvalue weighted by Gasteiger charge is 2.21. The Balaban J connectivity index is 1.22. The molecule has 0 saturated carbocycles. The second kappa shape index (κ2) is 8.85. The Morgan fingerprint density at radius 2 is 1.88 bits per heavy atom. The Kier molecular flexibility index (Phi) is 5.77. The van der Waals surface area contributed by atoms with Crippen LogP contribution < -0.4 is 10.9 Å². The van der Waals surface area contributed by atoms with E-state index in [0.29, 0.717) is 16.6 Å². The maximum Gasteiger partial charge on any atom is 0.338 e. The minimum absolute atomic E-state index is 0.315.